The number of benzene rings is 1. The van der Waals surface area contributed by atoms with Crippen LogP contribution >= 0.6 is 0 Å². The molecule has 20 heavy (non-hydrogen) atoms. The summed E-state index contributed by atoms with van der Waals surface area (Å²) in [5.74, 6) is 0.178. The number of aryl methyl sites for hydroxylation is 2. The Hall–Kier alpha value is -2.81. The largest absolute Gasteiger partial charge is 0.495 e. The summed E-state index contributed by atoms with van der Waals surface area (Å²) in [6.07, 6.45) is 1.65. The molecule has 0 atom stereocenters. The number of carbonyl (C=O) groups is 1. The summed E-state index contributed by atoms with van der Waals surface area (Å²) in [6.45, 7) is 1.77. The van der Waals surface area contributed by atoms with Crippen LogP contribution in [0.5, 0.6) is 5.75 Å². The first-order chi connectivity index (χ1) is 9.55. The van der Waals surface area contributed by atoms with Crippen molar-refractivity contribution in [2.24, 2.45) is 7.05 Å². The maximum Gasteiger partial charge on any atom is 0.259 e. The summed E-state index contributed by atoms with van der Waals surface area (Å²) in [5.41, 5.74) is 2.13. The zero-order chi connectivity index (χ0) is 14.7. The zero-order valence-corrected chi connectivity index (χ0v) is 11.5. The molecule has 0 bridgehead atoms. The van der Waals surface area contributed by atoms with E-state index in [-0.39, 0.29) is 5.91 Å². The summed E-state index contributed by atoms with van der Waals surface area (Å²) in [7, 11) is 3.24. The summed E-state index contributed by atoms with van der Waals surface area (Å²) >= 11 is 0. The van der Waals surface area contributed by atoms with Gasteiger partial charge in [-0.2, -0.15) is 10.4 Å². The third-order valence-corrected chi connectivity index (χ3v) is 2.84. The van der Waals surface area contributed by atoms with Gasteiger partial charge in [0.2, 0.25) is 0 Å². The van der Waals surface area contributed by atoms with Gasteiger partial charge in [0.15, 0.2) is 0 Å². The van der Waals surface area contributed by atoms with Crippen LogP contribution in [-0.2, 0) is 7.05 Å². The first-order valence-electron chi connectivity index (χ1n) is 5.95. The van der Waals surface area contributed by atoms with E-state index in [0.29, 0.717) is 28.3 Å². The number of hydrogen-bond acceptors (Lipinski definition) is 4. The minimum Gasteiger partial charge on any atom is -0.495 e. The average molecular weight is 270 g/mol. The first-order valence-corrected chi connectivity index (χ1v) is 5.95. The van der Waals surface area contributed by atoms with Crippen LogP contribution < -0.4 is 10.1 Å². The minimum absolute atomic E-state index is 0.265. The van der Waals surface area contributed by atoms with Crippen molar-refractivity contribution in [3.05, 3.63) is 41.2 Å². The van der Waals surface area contributed by atoms with Crippen LogP contribution in [0.15, 0.2) is 24.4 Å². The lowest BCUT2D eigenvalue weighted by atomic mass is 10.2. The molecule has 0 aliphatic heterocycles. The van der Waals surface area contributed by atoms with E-state index in [9.17, 15) is 4.79 Å². The SMILES string of the molecule is COc1cc(C#N)ccc1NC(=O)c1cn(C)nc1C. The average Bonchev–Trinajstić information content (AvgIpc) is 2.78. The number of nitrogens with one attached hydrogen (secondary N) is 1. The highest BCUT2D eigenvalue weighted by Crippen LogP contribution is 2.26. The van der Waals surface area contributed by atoms with Gasteiger partial charge in [0.1, 0.15) is 5.75 Å². The number of nitriles is 1. The van der Waals surface area contributed by atoms with Crippen molar-refractivity contribution in [2.75, 3.05) is 12.4 Å². The smallest absolute Gasteiger partial charge is 0.259 e. The number of amides is 1. The molecule has 0 fully saturated rings. The monoisotopic (exact) mass is 270 g/mol. The van der Waals surface area contributed by atoms with Crippen LogP contribution in [0.4, 0.5) is 5.69 Å². The van der Waals surface area contributed by atoms with E-state index in [2.05, 4.69) is 10.4 Å². The van der Waals surface area contributed by atoms with Gasteiger partial charge in [-0.05, 0) is 19.1 Å². The molecule has 2 rings (SSSR count). The Morgan fingerprint density at radius 2 is 2.25 bits per heavy atom. The van der Waals surface area contributed by atoms with Gasteiger partial charge in [-0.1, -0.05) is 0 Å². The summed E-state index contributed by atoms with van der Waals surface area (Å²) < 4.78 is 6.76. The van der Waals surface area contributed by atoms with E-state index in [4.69, 9.17) is 10.00 Å². The van der Waals surface area contributed by atoms with E-state index in [0.717, 1.165) is 0 Å². The van der Waals surface area contributed by atoms with Gasteiger partial charge in [0.25, 0.3) is 5.91 Å². The molecular formula is C14H14N4O2. The van der Waals surface area contributed by atoms with Crippen LogP contribution in [0.25, 0.3) is 0 Å². The van der Waals surface area contributed by atoms with Crippen LogP contribution in [-0.4, -0.2) is 22.8 Å². The molecule has 2 aromatic rings. The molecule has 6 nitrogen and oxygen atoms in total. The van der Waals surface area contributed by atoms with Crippen LogP contribution in [0.2, 0.25) is 0 Å². The predicted molar refractivity (Wildman–Crippen MR) is 73.6 cm³/mol. The molecule has 0 aliphatic carbocycles. The van der Waals surface area contributed by atoms with Crippen LogP contribution in [0.3, 0.4) is 0 Å². The molecule has 0 radical (unpaired) electrons. The van der Waals surface area contributed by atoms with E-state index in [1.165, 1.54) is 7.11 Å². The number of aromatic nitrogens is 2. The van der Waals surface area contributed by atoms with E-state index >= 15 is 0 Å². The predicted octanol–water partition coefficient (Wildman–Crippen LogP) is 1.86. The Labute approximate surface area is 116 Å². The second-order valence-corrected chi connectivity index (χ2v) is 4.28. The second-order valence-electron chi connectivity index (χ2n) is 4.28. The molecule has 102 valence electrons. The summed E-state index contributed by atoms with van der Waals surface area (Å²) in [4.78, 5) is 12.2. The van der Waals surface area contributed by atoms with Gasteiger partial charge in [0.05, 0.1) is 35.7 Å². The Kier molecular flexibility index (Phi) is 3.71. The van der Waals surface area contributed by atoms with Crippen molar-refractivity contribution in [3.63, 3.8) is 0 Å². The maximum atomic E-state index is 12.2. The molecule has 0 unspecified atom stereocenters. The maximum absolute atomic E-state index is 12.2. The Morgan fingerprint density at radius 3 is 2.80 bits per heavy atom. The first kappa shape index (κ1) is 13.6. The molecule has 1 amide bonds. The Balaban J connectivity index is 2.28. The van der Waals surface area contributed by atoms with E-state index in [1.54, 1.807) is 43.0 Å². The van der Waals surface area contributed by atoms with E-state index in [1.807, 2.05) is 6.07 Å². The molecular weight excluding hydrogens is 256 g/mol. The highest BCUT2D eigenvalue weighted by molar-refractivity contribution is 6.05. The number of ether oxygens (including phenoxy) is 1. The quantitative estimate of drug-likeness (QED) is 0.923. The van der Waals surface area contributed by atoms with Gasteiger partial charge < -0.3 is 10.1 Å². The lowest BCUT2D eigenvalue weighted by molar-refractivity contribution is 0.102. The summed E-state index contributed by atoms with van der Waals surface area (Å²) in [6, 6.07) is 6.85. The van der Waals surface area contributed by atoms with Crippen molar-refractivity contribution in [2.45, 2.75) is 6.92 Å². The molecule has 1 N–H and O–H groups in total. The molecule has 0 aliphatic rings. The topological polar surface area (TPSA) is 79.9 Å². The van der Waals surface area contributed by atoms with Crippen molar-refractivity contribution >= 4 is 11.6 Å². The lowest BCUT2D eigenvalue weighted by Gasteiger charge is -2.09. The van der Waals surface area contributed by atoms with Gasteiger partial charge in [0, 0.05) is 19.3 Å². The molecule has 0 saturated heterocycles. The lowest BCUT2D eigenvalue weighted by Crippen LogP contribution is -2.13. The highest BCUT2D eigenvalue weighted by atomic mass is 16.5. The highest BCUT2D eigenvalue weighted by Gasteiger charge is 2.14. The normalized spacial score (nSPS) is 9.90. The Morgan fingerprint density at radius 1 is 1.50 bits per heavy atom. The van der Waals surface area contributed by atoms with Crippen LogP contribution in [0, 0.1) is 18.3 Å². The molecule has 1 aromatic carbocycles. The fourth-order valence-electron chi connectivity index (χ4n) is 1.88. The number of rotatable bonds is 3. The third-order valence-electron chi connectivity index (χ3n) is 2.84. The van der Waals surface area contributed by atoms with Crippen molar-refractivity contribution in [3.8, 4) is 11.8 Å². The third kappa shape index (κ3) is 2.62. The minimum atomic E-state index is -0.265. The number of hydrogen-bond donors (Lipinski definition) is 1. The molecule has 1 heterocycles. The zero-order valence-electron chi connectivity index (χ0n) is 11.5. The van der Waals surface area contributed by atoms with Crippen molar-refractivity contribution < 1.29 is 9.53 Å². The van der Waals surface area contributed by atoms with Gasteiger partial charge in [-0.25, -0.2) is 0 Å². The number of carbonyl (C=O) groups excluding carboxylic acids is 1. The van der Waals surface area contributed by atoms with E-state index < -0.39 is 0 Å². The van der Waals surface area contributed by atoms with Crippen molar-refractivity contribution in [1.82, 2.24) is 9.78 Å². The molecule has 0 spiro atoms. The van der Waals surface area contributed by atoms with Gasteiger partial charge in [-0.3, -0.25) is 9.48 Å². The summed E-state index contributed by atoms with van der Waals surface area (Å²) in [5, 5.41) is 15.7. The van der Waals surface area contributed by atoms with Gasteiger partial charge >= 0.3 is 0 Å². The molecule has 1 aromatic heterocycles. The van der Waals surface area contributed by atoms with Crippen LogP contribution in [0.1, 0.15) is 21.6 Å². The fraction of sp³-hybridized carbons (Fsp3) is 0.214. The second kappa shape index (κ2) is 5.45. The van der Waals surface area contributed by atoms with Gasteiger partial charge in [-0.15, -0.1) is 0 Å². The Bertz CT molecular complexity index is 698. The molecule has 6 heteroatoms. The number of nitrogens with zero attached hydrogens (tertiary/aromatic N) is 3. The fourth-order valence-corrected chi connectivity index (χ4v) is 1.88. The standard InChI is InChI=1S/C14H14N4O2/c1-9-11(8-18(2)17-9)14(19)16-12-5-4-10(7-15)6-13(12)20-3/h4-6,8H,1-3H3,(H,16,19). The number of anilines is 1. The number of methoxy groups -OCH3 is 1. The van der Waals surface area contributed by atoms with Crippen molar-refractivity contribution in [1.29, 1.82) is 5.26 Å². The molecule has 0 saturated carbocycles.